The standard InChI is InChI=1S/C24H32O4.C17H18F3NO.ClH/c1-14-12-18-19(22(4)9-6-17(27)13-21(14)22)7-10-23(5)20(18)8-11-24(23,15(2)25)28-16(3)26;1-21-12-11-16(13-5-3-2-4-6-13)22-15-9-7-14(8-10-15)17(18,19)20;/h12-13,18-20H,6-11H2,1-5H3;2-10,16,21H,11-12H2,1H3;1H. The molecule has 4 aliphatic rings. The van der Waals surface area contributed by atoms with Gasteiger partial charge in [0.2, 0.25) is 0 Å². The summed E-state index contributed by atoms with van der Waals surface area (Å²) in [7, 11) is 1.85. The summed E-state index contributed by atoms with van der Waals surface area (Å²) >= 11 is 0. The number of Topliss-reactive ketones (excluding diaryl/α,β-unsaturated/α-hetero) is 1. The van der Waals surface area contributed by atoms with E-state index >= 15 is 0 Å². The van der Waals surface area contributed by atoms with Gasteiger partial charge in [0, 0.05) is 25.2 Å². The van der Waals surface area contributed by atoms with Crippen molar-refractivity contribution in [3.63, 3.8) is 0 Å². The Labute approximate surface area is 306 Å². The van der Waals surface area contributed by atoms with E-state index in [1.807, 2.05) is 43.5 Å². The molecule has 2 aromatic carbocycles. The summed E-state index contributed by atoms with van der Waals surface area (Å²) in [6.45, 7) is 10.4. The summed E-state index contributed by atoms with van der Waals surface area (Å²) in [6, 6.07) is 14.4. The van der Waals surface area contributed by atoms with Crippen LogP contribution in [0.2, 0.25) is 0 Å². The summed E-state index contributed by atoms with van der Waals surface area (Å²) in [5.74, 6) is 1.46. The molecule has 0 amide bonds. The van der Waals surface area contributed by atoms with Gasteiger partial charge in [-0.3, -0.25) is 14.4 Å². The fourth-order valence-electron chi connectivity index (χ4n) is 9.60. The highest BCUT2D eigenvalue weighted by atomic mass is 35.5. The molecule has 2 aromatic rings. The molecule has 0 aromatic heterocycles. The van der Waals surface area contributed by atoms with Crippen molar-refractivity contribution in [3.05, 3.63) is 89.0 Å². The number of hydrogen-bond donors (Lipinski definition) is 1. The van der Waals surface area contributed by atoms with Gasteiger partial charge < -0.3 is 14.8 Å². The number of hydrogen-bond acceptors (Lipinski definition) is 6. The monoisotopic (exact) mass is 729 g/mol. The molecule has 2 fully saturated rings. The number of rotatable bonds is 8. The Bertz CT molecular complexity index is 1640. The van der Waals surface area contributed by atoms with Crippen LogP contribution in [0.3, 0.4) is 0 Å². The zero-order valence-corrected chi connectivity index (χ0v) is 31.2. The van der Waals surface area contributed by atoms with Gasteiger partial charge in [-0.15, -0.1) is 12.4 Å². The number of ether oxygens (including phenoxy) is 2. The van der Waals surface area contributed by atoms with Gasteiger partial charge in [-0.2, -0.15) is 13.2 Å². The van der Waals surface area contributed by atoms with Gasteiger partial charge >= 0.3 is 12.1 Å². The molecule has 6 rings (SSSR count). The van der Waals surface area contributed by atoms with Gasteiger partial charge in [0.1, 0.15) is 11.9 Å². The molecule has 10 heteroatoms. The molecule has 0 bridgehead atoms. The van der Waals surface area contributed by atoms with E-state index in [1.54, 1.807) is 6.92 Å². The number of ketones is 2. The third-order valence-electron chi connectivity index (χ3n) is 12.1. The second-order valence-electron chi connectivity index (χ2n) is 15.0. The fourth-order valence-corrected chi connectivity index (χ4v) is 9.60. The van der Waals surface area contributed by atoms with Crippen LogP contribution in [0, 0.1) is 28.6 Å². The lowest BCUT2D eigenvalue weighted by atomic mass is 9.47. The molecule has 6 nitrogen and oxygen atoms in total. The van der Waals surface area contributed by atoms with Gasteiger partial charge in [-0.05, 0) is 124 Å². The third-order valence-corrected chi connectivity index (χ3v) is 12.1. The highest BCUT2D eigenvalue weighted by Crippen LogP contribution is 2.67. The first-order valence-corrected chi connectivity index (χ1v) is 17.7. The van der Waals surface area contributed by atoms with Crippen LogP contribution < -0.4 is 10.1 Å². The van der Waals surface area contributed by atoms with E-state index in [9.17, 15) is 27.6 Å². The number of carbonyl (C=O) groups is 3. The lowest BCUT2D eigenvalue weighted by Gasteiger charge is -2.58. The Balaban J connectivity index is 0.000000231. The number of fused-ring (bicyclic) bond motifs is 5. The van der Waals surface area contributed by atoms with Crippen molar-refractivity contribution in [3.8, 4) is 5.75 Å². The van der Waals surface area contributed by atoms with Crippen molar-refractivity contribution in [2.24, 2.45) is 28.6 Å². The van der Waals surface area contributed by atoms with E-state index in [0.29, 0.717) is 36.3 Å². The lowest BCUT2D eigenvalue weighted by molar-refractivity contribution is -0.185. The predicted octanol–water partition coefficient (Wildman–Crippen LogP) is 9.43. The predicted molar refractivity (Wildman–Crippen MR) is 193 cm³/mol. The van der Waals surface area contributed by atoms with Crippen LogP contribution in [-0.2, 0) is 25.3 Å². The molecule has 2 saturated carbocycles. The molecule has 7 unspecified atom stereocenters. The number of carbonyl (C=O) groups excluding carboxylic acids is 3. The summed E-state index contributed by atoms with van der Waals surface area (Å²) in [4.78, 5) is 36.8. The van der Waals surface area contributed by atoms with Crippen LogP contribution in [0.15, 0.2) is 77.9 Å². The van der Waals surface area contributed by atoms with Crippen LogP contribution in [0.25, 0.3) is 0 Å². The Kier molecular flexibility index (Phi) is 12.4. The Morgan fingerprint density at radius 2 is 1.61 bits per heavy atom. The SMILES string of the molecule is CC(=O)OC1(C(C)=O)CCC2C3C=C(C)C4=CC(=O)CCC4(C)C3CCC21C.CNCCC(Oc1ccc(C(F)(F)F)cc1)c1ccccc1.Cl. The molecule has 4 aliphatic carbocycles. The molecular weight excluding hydrogens is 679 g/mol. The second kappa shape index (κ2) is 15.7. The molecule has 0 heterocycles. The Morgan fingerprint density at radius 1 is 0.961 bits per heavy atom. The van der Waals surface area contributed by atoms with Crippen LogP contribution in [0.4, 0.5) is 13.2 Å². The summed E-state index contributed by atoms with van der Waals surface area (Å²) in [6.07, 6.45) is 5.39. The van der Waals surface area contributed by atoms with E-state index in [0.717, 1.165) is 56.3 Å². The average molecular weight is 730 g/mol. The van der Waals surface area contributed by atoms with Crippen molar-refractivity contribution in [1.82, 2.24) is 5.32 Å². The number of alkyl halides is 3. The van der Waals surface area contributed by atoms with Crippen molar-refractivity contribution in [2.45, 2.75) is 97.4 Å². The maximum atomic E-state index is 12.8. The summed E-state index contributed by atoms with van der Waals surface area (Å²) in [5.41, 5.74) is 1.48. The van der Waals surface area contributed by atoms with Crippen LogP contribution in [-0.4, -0.2) is 36.7 Å². The Morgan fingerprint density at radius 3 is 2.20 bits per heavy atom. The molecule has 51 heavy (non-hydrogen) atoms. The molecule has 0 spiro atoms. The smallest absolute Gasteiger partial charge is 0.416 e. The van der Waals surface area contributed by atoms with Gasteiger partial charge in [-0.1, -0.05) is 55.8 Å². The lowest BCUT2D eigenvalue weighted by Crippen LogP contribution is -2.58. The minimum Gasteiger partial charge on any atom is -0.486 e. The molecule has 0 aliphatic heterocycles. The van der Waals surface area contributed by atoms with Crippen LogP contribution >= 0.6 is 12.4 Å². The van der Waals surface area contributed by atoms with Gasteiger partial charge in [0.05, 0.1) is 5.56 Å². The fraction of sp³-hybridized carbons (Fsp3) is 0.537. The van der Waals surface area contributed by atoms with E-state index in [4.69, 9.17) is 9.47 Å². The van der Waals surface area contributed by atoms with Gasteiger partial charge in [-0.25, -0.2) is 0 Å². The first kappa shape index (κ1) is 40.3. The number of halogens is 4. The quantitative estimate of drug-likeness (QED) is 0.273. The molecule has 0 radical (unpaired) electrons. The van der Waals surface area contributed by atoms with Crippen molar-refractivity contribution < 1.29 is 37.0 Å². The Hall–Kier alpha value is -3.43. The summed E-state index contributed by atoms with van der Waals surface area (Å²) in [5, 5.41) is 3.05. The maximum absolute atomic E-state index is 12.8. The first-order chi connectivity index (χ1) is 23.6. The topological polar surface area (TPSA) is 81.7 Å². The third kappa shape index (κ3) is 7.85. The molecule has 7 atom stereocenters. The van der Waals surface area contributed by atoms with E-state index < -0.39 is 17.3 Å². The summed E-state index contributed by atoms with van der Waals surface area (Å²) < 4.78 is 49.4. The van der Waals surface area contributed by atoms with Crippen molar-refractivity contribution >= 4 is 29.9 Å². The highest BCUT2D eigenvalue weighted by molar-refractivity contribution is 5.92. The molecule has 278 valence electrons. The molecule has 0 saturated heterocycles. The maximum Gasteiger partial charge on any atom is 0.416 e. The van der Waals surface area contributed by atoms with E-state index in [2.05, 4.69) is 32.2 Å². The van der Waals surface area contributed by atoms with E-state index in [-0.39, 0.29) is 46.9 Å². The minimum absolute atomic E-state index is 0. The number of benzene rings is 2. The van der Waals surface area contributed by atoms with Gasteiger partial charge in [0.25, 0.3) is 0 Å². The number of allylic oxidation sites excluding steroid dienone is 4. The molecule has 1 N–H and O–H groups in total. The van der Waals surface area contributed by atoms with Crippen LogP contribution in [0.1, 0.15) is 96.8 Å². The van der Waals surface area contributed by atoms with Crippen LogP contribution in [0.5, 0.6) is 5.75 Å². The average Bonchev–Trinajstić information content (AvgIpc) is 3.37. The van der Waals surface area contributed by atoms with Crippen molar-refractivity contribution in [1.29, 1.82) is 0 Å². The second-order valence-corrected chi connectivity index (χ2v) is 15.0. The van der Waals surface area contributed by atoms with Crippen molar-refractivity contribution in [2.75, 3.05) is 13.6 Å². The van der Waals surface area contributed by atoms with Gasteiger partial charge in [0.15, 0.2) is 17.2 Å². The normalized spacial score (nSPS) is 30.1. The zero-order valence-electron chi connectivity index (χ0n) is 30.4. The number of nitrogens with one attached hydrogen (secondary N) is 1. The van der Waals surface area contributed by atoms with E-state index in [1.165, 1.54) is 30.2 Å². The highest BCUT2D eigenvalue weighted by Gasteiger charge is 2.67. The minimum atomic E-state index is -4.33. The molecular formula is C41H51ClF3NO5. The largest absolute Gasteiger partial charge is 0.486 e. The number of esters is 1. The first-order valence-electron chi connectivity index (χ1n) is 17.7. The zero-order chi connectivity index (χ0) is 36.5.